The smallest absolute Gasteiger partial charge is 0.488 e. The lowest BCUT2D eigenvalue weighted by atomic mass is 10.1. The van der Waals surface area contributed by atoms with E-state index in [-0.39, 0.29) is 31.6 Å². The quantitative estimate of drug-likeness (QED) is 0.0652. The van der Waals surface area contributed by atoms with E-state index in [1.807, 2.05) is 4.90 Å². The average molecular weight is 710 g/mol. The Morgan fingerprint density at radius 3 is 1.73 bits per heavy atom. The maximum absolute atomic E-state index is 12.4. The molecule has 1 aliphatic heterocycles. The Labute approximate surface area is 274 Å². The fraction of sp³-hybridized carbons (Fsp3) is 0.379. The normalized spacial score (nSPS) is 12.3. The summed E-state index contributed by atoms with van der Waals surface area (Å²) in [5, 5.41) is 32.8. The van der Waals surface area contributed by atoms with Crippen LogP contribution in [0.25, 0.3) is 0 Å². The van der Waals surface area contributed by atoms with Gasteiger partial charge in [0.1, 0.15) is 31.5 Å². The van der Waals surface area contributed by atoms with Crippen LogP contribution in [0.1, 0.15) is 41.3 Å². The molecule has 0 spiro atoms. The van der Waals surface area contributed by atoms with Crippen LogP contribution in [0.2, 0.25) is 0 Å². The average Bonchev–Trinajstić information content (AvgIpc) is 3.56. The van der Waals surface area contributed by atoms with Gasteiger partial charge in [0.25, 0.3) is 0 Å². The van der Waals surface area contributed by atoms with Gasteiger partial charge >= 0.3 is 30.3 Å². The van der Waals surface area contributed by atoms with Crippen molar-refractivity contribution in [3.05, 3.63) is 59.2 Å². The number of nitrogens with one attached hydrogen (secondary N) is 3. The number of nitrogens with two attached hydrogens (primary N) is 1. The molecule has 3 rings (SSSR count). The molecule has 1 aliphatic rings. The van der Waals surface area contributed by atoms with Crippen molar-refractivity contribution in [2.75, 3.05) is 39.5 Å². The first-order valence-corrected chi connectivity index (χ1v) is 13.9. The zero-order valence-electron chi connectivity index (χ0n) is 25.7. The van der Waals surface area contributed by atoms with Crippen molar-refractivity contribution in [2.24, 2.45) is 5.73 Å². The number of esters is 1. The topological polar surface area (TPSA) is 225 Å². The van der Waals surface area contributed by atoms with Gasteiger partial charge < -0.3 is 40.4 Å². The van der Waals surface area contributed by atoms with E-state index >= 15 is 0 Å². The van der Waals surface area contributed by atoms with E-state index < -0.39 is 30.3 Å². The summed E-state index contributed by atoms with van der Waals surface area (Å²) in [7, 11) is 0. The third-order valence-corrected chi connectivity index (χ3v) is 5.86. The molecule has 0 saturated carbocycles. The summed E-state index contributed by atoms with van der Waals surface area (Å²) in [4.78, 5) is 43.2. The number of ether oxygens (including phenoxy) is 3. The van der Waals surface area contributed by atoms with Crippen molar-refractivity contribution in [1.82, 2.24) is 10.2 Å². The number of rotatable bonds is 11. The highest BCUT2D eigenvalue weighted by Crippen LogP contribution is 2.28. The number of nitrogen functional groups attached to an aromatic ring is 1. The second-order valence-corrected chi connectivity index (χ2v) is 9.62. The number of likely N-dealkylation sites (tertiary alicyclic amines) is 1. The lowest BCUT2D eigenvalue weighted by Crippen LogP contribution is -2.27. The monoisotopic (exact) mass is 709 g/mol. The number of carboxylic acids is 2. The van der Waals surface area contributed by atoms with E-state index in [0.29, 0.717) is 35.0 Å². The summed E-state index contributed by atoms with van der Waals surface area (Å²) in [6, 6.07) is 11.7. The Morgan fingerprint density at radius 2 is 1.27 bits per heavy atom. The molecule has 1 fully saturated rings. The number of nitrogens with zero attached hydrogens (tertiary/aromatic N) is 1. The summed E-state index contributed by atoms with van der Waals surface area (Å²) in [5.41, 5.74) is 7.19. The molecule has 49 heavy (non-hydrogen) atoms. The number of carboxylic acid groups (broad SMARTS) is 2. The van der Waals surface area contributed by atoms with E-state index in [2.05, 4.69) is 5.32 Å². The number of carbonyl (C=O) groups excluding carboxylic acids is 2. The van der Waals surface area contributed by atoms with E-state index in [1.54, 1.807) is 42.5 Å². The first-order chi connectivity index (χ1) is 22.7. The zero-order valence-corrected chi connectivity index (χ0v) is 25.7. The van der Waals surface area contributed by atoms with Crippen molar-refractivity contribution >= 4 is 35.5 Å². The van der Waals surface area contributed by atoms with Gasteiger partial charge in [-0.3, -0.25) is 15.6 Å². The molecule has 20 heteroatoms. The van der Waals surface area contributed by atoms with E-state index in [9.17, 15) is 35.9 Å². The van der Waals surface area contributed by atoms with Crippen LogP contribution in [0.3, 0.4) is 0 Å². The van der Waals surface area contributed by atoms with Gasteiger partial charge in [0.2, 0.25) is 5.91 Å². The highest BCUT2D eigenvalue weighted by molar-refractivity contribution is 5.98. The van der Waals surface area contributed by atoms with Crippen LogP contribution in [0.15, 0.2) is 42.5 Å². The number of benzene rings is 2. The molecular weight excluding hydrogens is 676 g/mol. The minimum atomic E-state index is -5.08. The lowest BCUT2D eigenvalue weighted by molar-refractivity contribution is -0.193. The number of halogens is 6. The third kappa shape index (κ3) is 15.7. The highest BCUT2D eigenvalue weighted by atomic mass is 19.4. The van der Waals surface area contributed by atoms with Gasteiger partial charge in [-0.15, -0.1) is 0 Å². The first-order valence-electron chi connectivity index (χ1n) is 13.9. The molecule has 2 aromatic carbocycles. The molecular formula is C29H33F6N5O9. The number of hydrogen-bond acceptors (Lipinski definition) is 9. The maximum Gasteiger partial charge on any atom is 0.490 e. The van der Waals surface area contributed by atoms with Gasteiger partial charge in [-0.2, -0.15) is 26.3 Å². The molecule has 1 amide bonds. The lowest BCUT2D eigenvalue weighted by Gasteiger charge is -2.18. The molecule has 270 valence electrons. The third-order valence-electron chi connectivity index (χ3n) is 5.86. The van der Waals surface area contributed by atoms with Crippen LogP contribution in [0.4, 0.5) is 26.3 Å². The van der Waals surface area contributed by atoms with Gasteiger partial charge in [-0.25, -0.2) is 14.4 Å². The second-order valence-electron chi connectivity index (χ2n) is 9.62. The maximum atomic E-state index is 12.4. The predicted molar refractivity (Wildman–Crippen MR) is 159 cm³/mol. The number of hydrogen-bond donors (Lipinski definition) is 6. The van der Waals surface area contributed by atoms with Crippen molar-refractivity contribution < 1.29 is 69.9 Å². The molecule has 14 nitrogen and oxygen atoms in total. The summed E-state index contributed by atoms with van der Waals surface area (Å²) >= 11 is 0. The van der Waals surface area contributed by atoms with Crippen LogP contribution in [-0.4, -0.2) is 102 Å². The Balaban J connectivity index is 0.000000717. The Kier molecular flexibility index (Phi) is 16.3. The van der Waals surface area contributed by atoms with Crippen LogP contribution in [0, 0.1) is 10.8 Å². The summed E-state index contributed by atoms with van der Waals surface area (Å²) in [6.07, 6.45) is -7.98. The minimum absolute atomic E-state index is 0.000185. The van der Waals surface area contributed by atoms with Crippen molar-refractivity contribution in [1.29, 1.82) is 10.8 Å². The Bertz CT molecular complexity index is 1440. The number of aliphatic carboxylic acids is 2. The number of amidine groups is 2. The van der Waals surface area contributed by atoms with Crippen molar-refractivity contribution in [2.45, 2.75) is 32.1 Å². The SMILES string of the molecule is CC(=O)NCCOc1ccc(C(=N)N)cc1OCCOC(=O)c1ccc(C(=N)N2CCCC2)cc1.O=C(O)C(F)(F)F.O=C(O)C(F)(F)F. The summed E-state index contributed by atoms with van der Waals surface area (Å²) < 4.78 is 80.2. The van der Waals surface area contributed by atoms with Crippen LogP contribution in [-0.2, 0) is 19.1 Å². The summed E-state index contributed by atoms with van der Waals surface area (Å²) in [5.74, 6) is -5.04. The molecule has 7 N–H and O–H groups in total. The number of amides is 1. The highest BCUT2D eigenvalue weighted by Gasteiger charge is 2.38. The predicted octanol–water partition coefficient (Wildman–Crippen LogP) is 3.41. The first kappa shape index (κ1) is 41.5. The molecule has 2 aromatic rings. The number of alkyl halides is 6. The molecule has 0 atom stereocenters. The van der Waals surface area contributed by atoms with E-state index in [0.717, 1.165) is 31.5 Å². The standard InChI is InChI=1S/C25H31N5O5.2C2HF3O2/c1-17(31)29-10-13-33-21-9-8-20(23(26)27)16-22(21)34-14-15-35-25(32)19-6-4-18(5-7-19)24(28)30-11-2-3-12-30;2*3-2(4,5)1(6)7/h4-9,16,28H,2-3,10-15H2,1H3,(H3,26,27)(H,29,31);2*(H,6,7). The largest absolute Gasteiger partial charge is 0.490 e. The molecule has 0 aromatic heterocycles. The molecule has 0 unspecified atom stereocenters. The molecule has 0 radical (unpaired) electrons. The van der Waals surface area contributed by atoms with Crippen molar-refractivity contribution in [3.8, 4) is 11.5 Å². The summed E-state index contributed by atoms with van der Waals surface area (Å²) in [6.45, 7) is 3.82. The van der Waals surface area contributed by atoms with Gasteiger partial charge in [0, 0.05) is 31.1 Å². The van der Waals surface area contributed by atoms with E-state index in [1.165, 1.54) is 6.92 Å². The van der Waals surface area contributed by atoms with Gasteiger partial charge in [-0.05, 0) is 43.2 Å². The Morgan fingerprint density at radius 1 is 0.796 bits per heavy atom. The van der Waals surface area contributed by atoms with Gasteiger partial charge in [0.05, 0.1) is 12.1 Å². The van der Waals surface area contributed by atoms with Gasteiger partial charge in [-0.1, -0.05) is 12.1 Å². The number of carbonyl (C=O) groups is 4. The fourth-order valence-electron chi connectivity index (χ4n) is 3.55. The van der Waals surface area contributed by atoms with Crippen LogP contribution >= 0.6 is 0 Å². The molecule has 1 heterocycles. The minimum Gasteiger partial charge on any atom is -0.488 e. The molecule has 0 aliphatic carbocycles. The van der Waals surface area contributed by atoms with E-state index in [4.69, 9.17) is 50.6 Å². The fourth-order valence-corrected chi connectivity index (χ4v) is 3.55. The van der Waals surface area contributed by atoms with Crippen molar-refractivity contribution in [3.63, 3.8) is 0 Å². The molecule has 1 saturated heterocycles. The van der Waals surface area contributed by atoms with Crippen LogP contribution < -0.4 is 20.5 Å². The Hall–Kier alpha value is -5.56. The van der Waals surface area contributed by atoms with Gasteiger partial charge in [0.15, 0.2) is 11.5 Å². The van der Waals surface area contributed by atoms with Crippen LogP contribution in [0.5, 0.6) is 11.5 Å². The second kappa shape index (κ2) is 19.3. The molecule has 0 bridgehead atoms. The zero-order chi connectivity index (χ0) is 37.4.